The van der Waals surface area contributed by atoms with Crippen molar-refractivity contribution in [2.24, 2.45) is 5.16 Å². The van der Waals surface area contributed by atoms with Crippen LogP contribution in [0.5, 0.6) is 0 Å². The Hall–Kier alpha value is -3.12. The number of hydrogen-bond acceptors (Lipinski definition) is 6. The van der Waals surface area contributed by atoms with Crippen molar-refractivity contribution >= 4 is 22.3 Å². The third kappa shape index (κ3) is 5.52. The van der Waals surface area contributed by atoms with Gasteiger partial charge in [-0.3, -0.25) is 4.98 Å². The first kappa shape index (κ1) is 22.6. The van der Waals surface area contributed by atoms with Gasteiger partial charge in [-0.2, -0.15) is 0 Å². The summed E-state index contributed by atoms with van der Waals surface area (Å²) in [4.78, 5) is 13.7. The normalized spacial score (nSPS) is 13.4. The predicted molar refractivity (Wildman–Crippen MR) is 125 cm³/mol. The molecular formula is C25H30N4O2. The number of benzene rings is 1. The largest absolute Gasteiger partial charge is 0.399 e. The van der Waals surface area contributed by atoms with Gasteiger partial charge in [0.05, 0.1) is 22.6 Å². The van der Waals surface area contributed by atoms with Gasteiger partial charge in [-0.15, -0.1) is 0 Å². The molecule has 0 bridgehead atoms. The van der Waals surface area contributed by atoms with Crippen molar-refractivity contribution in [1.29, 1.82) is 5.41 Å². The maximum absolute atomic E-state index is 8.72. The van der Waals surface area contributed by atoms with Crippen molar-refractivity contribution in [2.75, 3.05) is 13.7 Å². The molecule has 0 atom stereocenters. The molecule has 0 unspecified atom stereocenters. The predicted octanol–water partition coefficient (Wildman–Crippen LogP) is 4.62. The zero-order chi connectivity index (χ0) is 22.2. The molecule has 0 spiro atoms. The number of rotatable bonds is 5. The van der Waals surface area contributed by atoms with Crippen LogP contribution in [0.25, 0.3) is 10.9 Å². The van der Waals surface area contributed by atoms with E-state index in [9.17, 15) is 0 Å². The Morgan fingerprint density at radius 3 is 2.71 bits per heavy atom. The summed E-state index contributed by atoms with van der Waals surface area (Å²) in [5.74, 6) is 0. The lowest BCUT2D eigenvalue weighted by atomic mass is 9.89. The van der Waals surface area contributed by atoms with Gasteiger partial charge in [0.2, 0.25) is 0 Å². The Bertz CT molecular complexity index is 1090. The molecule has 2 heterocycles. The summed E-state index contributed by atoms with van der Waals surface area (Å²) in [6, 6.07) is 14.0. The number of oxime groups is 1. The molecule has 0 saturated heterocycles. The molecule has 2 aromatic heterocycles. The molecule has 4 rings (SSSR count). The number of pyridine rings is 2. The molecule has 2 N–H and O–H groups in total. The zero-order valence-corrected chi connectivity index (χ0v) is 18.5. The monoisotopic (exact) mass is 418 g/mol. The van der Waals surface area contributed by atoms with Crippen LogP contribution in [0.2, 0.25) is 0 Å². The third-order valence-corrected chi connectivity index (χ3v) is 5.41. The van der Waals surface area contributed by atoms with Crippen LogP contribution in [-0.2, 0) is 17.7 Å². The van der Waals surface area contributed by atoms with Crippen molar-refractivity contribution in [3.63, 3.8) is 0 Å². The number of nitrogens with one attached hydrogen (secondary N) is 1. The quantitative estimate of drug-likeness (QED) is 0.467. The van der Waals surface area contributed by atoms with Crippen molar-refractivity contribution in [1.82, 2.24) is 9.97 Å². The second-order valence-electron chi connectivity index (χ2n) is 7.61. The van der Waals surface area contributed by atoms with E-state index in [1.54, 1.807) is 0 Å². The van der Waals surface area contributed by atoms with Gasteiger partial charge < -0.3 is 15.4 Å². The molecule has 1 aromatic carbocycles. The Kier molecular flexibility index (Phi) is 7.84. The minimum absolute atomic E-state index is 0.192. The minimum Gasteiger partial charge on any atom is -0.399 e. The van der Waals surface area contributed by atoms with E-state index in [-0.39, 0.29) is 6.61 Å². The second kappa shape index (κ2) is 10.8. The van der Waals surface area contributed by atoms with Gasteiger partial charge in [0.15, 0.2) is 0 Å². The summed E-state index contributed by atoms with van der Waals surface area (Å²) in [6.45, 7) is 4.19. The van der Waals surface area contributed by atoms with Gasteiger partial charge in [0.1, 0.15) is 12.8 Å². The SMILES string of the molecule is CO/N=C(\C)c1cccc(CCCO)n1.Cc1c2c(nc3ccccc13)C(=N)CCC2. The van der Waals surface area contributed by atoms with E-state index >= 15 is 0 Å². The molecule has 1 aliphatic rings. The van der Waals surface area contributed by atoms with E-state index in [4.69, 9.17) is 10.5 Å². The Balaban J connectivity index is 0.000000176. The number of fused-ring (bicyclic) bond motifs is 2. The molecule has 1 aliphatic carbocycles. The van der Waals surface area contributed by atoms with Gasteiger partial charge in [0.25, 0.3) is 0 Å². The van der Waals surface area contributed by atoms with Crippen LogP contribution < -0.4 is 0 Å². The smallest absolute Gasteiger partial charge is 0.106 e. The molecule has 31 heavy (non-hydrogen) atoms. The highest BCUT2D eigenvalue weighted by Gasteiger charge is 2.19. The van der Waals surface area contributed by atoms with E-state index in [1.165, 1.54) is 23.6 Å². The van der Waals surface area contributed by atoms with Crippen molar-refractivity contribution in [3.05, 3.63) is 70.7 Å². The third-order valence-electron chi connectivity index (χ3n) is 5.41. The molecule has 0 saturated carbocycles. The number of aliphatic hydroxyl groups is 1. The molecule has 0 radical (unpaired) electrons. The summed E-state index contributed by atoms with van der Waals surface area (Å²) < 4.78 is 0. The Morgan fingerprint density at radius 2 is 1.94 bits per heavy atom. The van der Waals surface area contributed by atoms with E-state index in [0.717, 1.165) is 60.4 Å². The lowest BCUT2D eigenvalue weighted by Crippen LogP contribution is -2.14. The molecule has 3 aromatic rings. The van der Waals surface area contributed by atoms with Gasteiger partial charge in [0, 0.05) is 17.7 Å². The van der Waals surface area contributed by atoms with Crippen molar-refractivity contribution in [2.45, 2.75) is 46.0 Å². The van der Waals surface area contributed by atoms with Gasteiger partial charge in [-0.25, -0.2) is 4.98 Å². The van der Waals surface area contributed by atoms with Gasteiger partial charge >= 0.3 is 0 Å². The van der Waals surface area contributed by atoms with Crippen LogP contribution in [0.1, 0.15) is 54.4 Å². The van der Waals surface area contributed by atoms with Crippen LogP contribution >= 0.6 is 0 Å². The van der Waals surface area contributed by atoms with E-state index in [2.05, 4.69) is 39.0 Å². The Labute approximate surface area is 183 Å². The number of para-hydroxylation sites is 1. The lowest BCUT2D eigenvalue weighted by molar-refractivity contribution is 0.213. The number of aryl methyl sites for hydroxylation is 2. The summed E-state index contributed by atoms with van der Waals surface area (Å²) in [6.07, 6.45) is 4.55. The topological polar surface area (TPSA) is 91.4 Å². The number of hydrogen-bond donors (Lipinski definition) is 2. The number of nitrogens with zero attached hydrogens (tertiary/aromatic N) is 3. The average Bonchev–Trinajstić information content (AvgIpc) is 2.79. The fraction of sp³-hybridized carbons (Fsp3) is 0.360. The molecular weight excluding hydrogens is 388 g/mol. The first-order chi connectivity index (χ1) is 15.0. The molecule has 162 valence electrons. The Morgan fingerprint density at radius 1 is 1.13 bits per heavy atom. The fourth-order valence-electron chi connectivity index (χ4n) is 3.80. The highest BCUT2D eigenvalue weighted by molar-refractivity contribution is 6.01. The van der Waals surface area contributed by atoms with Crippen molar-refractivity contribution < 1.29 is 9.94 Å². The highest BCUT2D eigenvalue weighted by Crippen LogP contribution is 2.28. The van der Waals surface area contributed by atoms with E-state index in [1.807, 2.05) is 37.3 Å². The summed E-state index contributed by atoms with van der Waals surface area (Å²) >= 11 is 0. The van der Waals surface area contributed by atoms with E-state index < -0.39 is 0 Å². The fourth-order valence-corrected chi connectivity index (χ4v) is 3.80. The van der Waals surface area contributed by atoms with E-state index in [0.29, 0.717) is 5.71 Å². The first-order valence-corrected chi connectivity index (χ1v) is 10.7. The second-order valence-corrected chi connectivity index (χ2v) is 7.61. The number of aromatic nitrogens is 2. The average molecular weight is 419 g/mol. The molecule has 0 aliphatic heterocycles. The maximum atomic E-state index is 8.72. The molecule has 6 nitrogen and oxygen atoms in total. The summed E-state index contributed by atoms with van der Waals surface area (Å²) in [7, 11) is 1.51. The van der Waals surface area contributed by atoms with Crippen LogP contribution in [0.3, 0.4) is 0 Å². The van der Waals surface area contributed by atoms with Crippen LogP contribution in [0.4, 0.5) is 0 Å². The minimum atomic E-state index is 0.192. The van der Waals surface area contributed by atoms with Gasteiger partial charge in [-0.1, -0.05) is 29.4 Å². The highest BCUT2D eigenvalue weighted by atomic mass is 16.6. The lowest BCUT2D eigenvalue weighted by Gasteiger charge is -2.19. The molecule has 0 amide bonds. The van der Waals surface area contributed by atoms with Crippen LogP contribution in [0.15, 0.2) is 47.6 Å². The summed E-state index contributed by atoms with van der Waals surface area (Å²) in [5.41, 5.74) is 7.78. The van der Waals surface area contributed by atoms with Crippen molar-refractivity contribution in [3.8, 4) is 0 Å². The molecule has 6 heteroatoms. The van der Waals surface area contributed by atoms with Crippen LogP contribution in [0, 0.1) is 12.3 Å². The standard InChI is InChI=1S/C14H14N2.C11H16N2O2/c1-9-10-5-2-3-8-13(10)16-14-11(9)6-4-7-12(14)15;1-9(13-15-2)11-7-3-5-10(12-11)6-4-8-14/h2-3,5,8,15H,4,6-7H2,1H3;3,5,7,14H,4,6,8H2,1-2H3/b;13-9+. The first-order valence-electron chi connectivity index (χ1n) is 10.7. The molecule has 0 fully saturated rings. The zero-order valence-electron chi connectivity index (χ0n) is 18.5. The van der Waals surface area contributed by atoms with Gasteiger partial charge in [-0.05, 0) is 75.3 Å². The maximum Gasteiger partial charge on any atom is 0.106 e. The number of aliphatic hydroxyl groups excluding tert-OH is 1. The summed E-state index contributed by atoms with van der Waals surface area (Å²) in [5, 5.41) is 21.8. The van der Waals surface area contributed by atoms with Crippen LogP contribution in [-0.4, -0.2) is 40.2 Å².